The van der Waals surface area contributed by atoms with Crippen molar-refractivity contribution in [3.05, 3.63) is 52.5 Å². The molecule has 0 aromatic heterocycles. The molecule has 0 bridgehead atoms. The summed E-state index contributed by atoms with van der Waals surface area (Å²) in [5.74, 6) is 1.46. The van der Waals surface area contributed by atoms with E-state index in [1.807, 2.05) is 43.3 Å². The Kier molecular flexibility index (Phi) is 3.98. The Morgan fingerprint density at radius 2 is 1.95 bits per heavy atom. The van der Waals surface area contributed by atoms with Crippen molar-refractivity contribution in [1.29, 1.82) is 0 Å². The van der Waals surface area contributed by atoms with Crippen LogP contribution in [0, 0.1) is 12.8 Å². The maximum Gasteiger partial charge on any atom is 0.150 e. The average Bonchev–Trinajstić information content (AvgIpc) is 3.29. The molecule has 2 aromatic rings. The van der Waals surface area contributed by atoms with E-state index in [-0.39, 0.29) is 0 Å². The zero-order valence-corrected chi connectivity index (χ0v) is 12.7. The minimum Gasteiger partial charge on any atom is -0.493 e. The van der Waals surface area contributed by atoms with Crippen LogP contribution in [0.1, 0.15) is 28.8 Å². The minimum absolute atomic E-state index is 0.647. The van der Waals surface area contributed by atoms with Gasteiger partial charge in [0, 0.05) is 10.6 Å². The second-order valence-corrected chi connectivity index (χ2v) is 6.02. The Labute approximate surface area is 129 Å². The van der Waals surface area contributed by atoms with Crippen molar-refractivity contribution in [2.75, 3.05) is 6.61 Å². The van der Waals surface area contributed by atoms with Gasteiger partial charge >= 0.3 is 0 Å². The third kappa shape index (κ3) is 3.27. The fourth-order valence-corrected chi connectivity index (χ4v) is 2.63. The highest BCUT2D eigenvalue weighted by Gasteiger charge is 2.22. The molecule has 3 rings (SSSR count). The van der Waals surface area contributed by atoms with Gasteiger partial charge in [0.2, 0.25) is 0 Å². The first-order chi connectivity index (χ1) is 10.2. The molecule has 0 spiro atoms. The molecule has 2 aromatic carbocycles. The number of hydrogen-bond donors (Lipinski definition) is 0. The number of halogens is 1. The molecule has 3 heteroatoms. The summed E-state index contributed by atoms with van der Waals surface area (Å²) >= 11 is 5.99. The molecule has 1 saturated carbocycles. The van der Waals surface area contributed by atoms with Gasteiger partial charge in [-0.15, -0.1) is 0 Å². The van der Waals surface area contributed by atoms with E-state index in [1.165, 1.54) is 12.8 Å². The van der Waals surface area contributed by atoms with Crippen molar-refractivity contribution in [1.82, 2.24) is 0 Å². The second kappa shape index (κ2) is 5.90. The molecule has 0 N–H and O–H groups in total. The predicted molar refractivity (Wildman–Crippen MR) is 85.2 cm³/mol. The van der Waals surface area contributed by atoms with Gasteiger partial charge in [0.05, 0.1) is 6.61 Å². The third-order valence-electron chi connectivity index (χ3n) is 3.81. The highest BCUT2D eigenvalue weighted by Crippen LogP contribution is 2.32. The van der Waals surface area contributed by atoms with Crippen molar-refractivity contribution in [2.24, 2.45) is 5.92 Å². The van der Waals surface area contributed by atoms with E-state index >= 15 is 0 Å². The zero-order chi connectivity index (χ0) is 14.8. The highest BCUT2D eigenvalue weighted by atomic mass is 35.5. The summed E-state index contributed by atoms with van der Waals surface area (Å²) < 4.78 is 5.73. The lowest BCUT2D eigenvalue weighted by Crippen LogP contribution is -2.00. The van der Waals surface area contributed by atoms with E-state index in [4.69, 9.17) is 16.3 Å². The van der Waals surface area contributed by atoms with Crippen molar-refractivity contribution >= 4 is 17.9 Å². The summed E-state index contributed by atoms with van der Waals surface area (Å²) in [5.41, 5.74) is 3.64. The van der Waals surface area contributed by atoms with Gasteiger partial charge < -0.3 is 4.74 Å². The molecule has 1 aliphatic rings. The van der Waals surface area contributed by atoms with E-state index in [9.17, 15) is 4.79 Å². The van der Waals surface area contributed by atoms with Crippen LogP contribution in [0.2, 0.25) is 5.02 Å². The molecule has 21 heavy (non-hydrogen) atoms. The SMILES string of the molecule is Cc1cc(Cl)ccc1-c1ccc(OCC2CC2)cc1C=O. The molecule has 0 unspecified atom stereocenters. The Morgan fingerprint density at radius 1 is 1.19 bits per heavy atom. The molecular formula is C18H17ClO2. The minimum atomic E-state index is 0.647. The molecule has 0 aliphatic heterocycles. The smallest absolute Gasteiger partial charge is 0.150 e. The highest BCUT2D eigenvalue weighted by molar-refractivity contribution is 6.30. The van der Waals surface area contributed by atoms with Gasteiger partial charge in [0.1, 0.15) is 5.75 Å². The normalized spacial score (nSPS) is 14.0. The van der Waals surface area contributed by atoms with Crippen LogP contribution in [-0.4, -0.2) is 12.9 Å². The van der Waals surface area contributed by atoms with E-state index in [0.717, 1.165) is 35.3 Å². The molecule has 0 heterocycles. The largest absolute Gasteiger partial charge is 0.493 e. The van der Waals surface area contributed by atoms with Crippen LogP contribution in [0.4, 0.5) is 0 Å². The van der Waals surface area contributed by atoms with Crippen LogP contribution in [0.3, 0.4) is 0 Å². The Hall–Kier alpha value is -1.80. The van der Waals surface area contributed by atoms with E-state index < -0.39 is 0 Å². The van der Waals surface area contributed by atoms with Crippen molar-refractivity contribution in [3.8, 4) is 16.9 Å². The second-order valence-electron chi connectivity index (χ2n) is 5.58. The Bertz CT molecular complexity index is 675. The Morgan fingerprint density at radius 3 is 2.62 bits per heavy atom. The first-order valence-electron chi connectivity index (χ1n) is 7.16. The van der Waals surface area contributed by atoms with Crippen molar-refractivity contribution in [2.45, 2.75) is 19.8 Å². The Balaban J connectivity index is 1.91. The number of benzene rings is 2. The maximum atomic E-state index is 11.4. The predicted octanol–water partition coefficient (Wildman–Crippen LogP) is 4.92. The summed E-state index contributed by atoms with van der Waals surface area (Å²) in [7, 11) is 0. The first-order valence-corrected chi connectivity index (χ1v) is 7.53. The van der Waals surface area contributed by atoms with Crippen LogP contribution >= 0.6 is 11.6 Å². The molecule has 0 saturated heterocycles. The van der Waals surface area contributed by atoms with Gasteiger partial charge in [-0.05, 0) is 72.7 Å². The molecule has 1 aliphatic carbocycles. The van der Waals surface area contributed by atoms with Crippen LogP contribution in [-0.2, 0) is 0 Å². The standard InChI is InChI=1S/C18H17ClO2/c1-12-8-15(19)4-6-17(12)18-7-5-16(9-14(18)10-20)21-11-13-2-3-13/h4-10,13H,2-3,11H2,1H3. The monoisotopic (exact) mass is 300 g/mol. The van der Waals surface area contributed by atoms with Gasteiger partial charge in [0.25, 0.3) is 0 Å². The van der Waals surface area contributed by atoms with Gasteiger partial charge in [0.15, 0.2) is 6.29 Å². The zero-order valence-electron chi connectivity index (χ0n) is 11.9. The number of carbonyl (C=O) groups excluding carboxylic acids is 1. The van der Waals surface area contributed by atoms with Gasteiger partial charge in [-0.1, -0.05) is 17.7 Å². The summed E-state index contributed by atoms with van der Waals surface area (Å²) in [5, 5.41) is 0.702. The summed E-state index contributed by atoms with van der Waals surface area (Å²) in [6.07, 6.45) is 3.39. The fraction of sp³-hybridized carbons (Fsp3) is 0.278. The van der Waals surface area contributed by atoms with Crippen LogP contribution in [0.15, 0.2) is 36.4 Å². The molecule has 0 atom stereocenters. The van der Waals surface area contributed by atoms with Crippen molar-refractivity contribution in [3.63, 3.8) is 0 Å². The number of aldehydes is 1. The lowest BCUT2D eigenvalue weighted by atomic mass is 9.96. The molecule has 108 valence electrons. The average molecular weight is 301 g/mol. The number of carbonyl (C=O) groups is 1. The number of hydrogen-bond acceptors (Lipinski definition) is 2. The van der Waals surface area contributed by atoms with E-state index in [1.54, 1.807) is 0 Å². The van der Waals surface area contributed by atoms with Crippen molar-refractivity contribution < 1.29 is 9.53 Å². The third-order valence-corrected chi connectivity index (χ3v) is 4.05. The summed E-state index contributed by atoms with van der Waals surface area (Å²) in [4.78, 5) is 11.4. The molecule has 0 amide bonds. The lowest BCUT2D eigenvalue weighted by molar-refractivity contribution is 0.112. The summed E-state index contributed by atoms with van der Waals surface area (Å²) in [6, 6.07) is 11.4. The van der Waals surface area contributed by atoms with Crippen LogP contribution in [0.5, 0.6) is 5.75 Å². The number of rotatable bonds is 5. The van der Waals surface area contributed by atoms with E-state index in [2.05, 4.69) is 0 Å². The van der Waals surface area contributed by atoms with Gasteiger partial charge in [-0.2, -0.15) is 0 Å². The molecule has 2 nitrogen and oxygen atoms in total. The number of aryl methyl sites for hydroxylation is 1. The van der Waals surface area contributed by atoms with Gasteiger partial charge in [-0.25, -0.2) is 0 Å². The first kappa shape index (κ1) is 14.2. The quantitative estimate of drug-likeness (QED) is 0.733. The van der Waals surface area contributed by atoms with Crippen LogP contribution < -0.4 is 4.74 Å². The fourth-order valence-electron chi connectivity index (χ4n) is 2.40. The lowest BCUT2D eigenvalue weighted by Gasteiger charge is -2.12. The van der Waals surface area contributed by atoms with Gasteiger partial charge in [-0.3, -0.25) is 4.79 Å². The maximum absolute atomic E-state index is 11.4. The van der Waals surface area contributed by atoms with E-state index in [0.29, 0.717) is 16.5 Å². The topological polar surface area (TPSA) is 26.3 Å². The number of ether oxygens (including phenoxy) is 1. The molecule has 0 radical (unpaired) electrons. The van der Waals surface area contributed by atoms with Crippen LogP contribution in [0.25, 0.3) is 11.1 Å². The summed E-state index contributed by atoms with van der Waals surface area (Å²) in [6.45, 7) is 2.74. The molecular weight excluding hydrogens is 284 g/mol. The molecule has 1 fully saturated rings.